The van der Waals surface area contributed by atoms with E-state index in [1.54, 1.807) is 6.92 Å². The fraction of sp³-hybridized carbons (Fsp3) is 0.267. The van der Waals surface area contributed by atoms with Gasteiger partial charge < -0.3 is 5.32 Å². The molecule has 0 saturated heterocycles. The Morgan fingerprint density at radius 3 is 2.34 bits per heavy atom. The first kappa shape index (κ1) is 27.0. The predicted molar refractivity (Wildman–Crippen MR) is 141 cm³/mol. The molecule has 2 heterocycles. The molecule has 0 saturated carbocycles. The maximum absolute atomic E-state index is 14.2. The van der Waals surface area contributed by atoms with Crippen LogP contribution in [0, 0.1) is 0 Å². The van der Waals surface area contributed by atoms with Gasteiger partial charge in [-0.05, 0) is 48.2 Å². The van der Waals surface area contributed by atoms with Gasteiger partial charge in [-0.25, -0.2) is 0 Å². The van der Waals surface area contributed by atoms with Crippen molar-refractivity contribution < 1.29 is 22.8 Å². The number of ketones is 1. The van der Waals surface area contributed by atoms with E-state index in [1.165, 1.54) is 30.6 Å². The SMILES string of the molecule is CCCCNC(=O)c1ccc(-c2cc3c(Cc4ccccc4)c(C(=O)CC)cnc3cc2C(F)(F)F)nc1. The van der Waals surface area contributed by atoms with Crippen LogP contribution in [-0.4, -0.2) is 28.2 Å². The summed E-state index contributed by atoms with van der Waals surface area (Å²) in [5.41, 5.74) is 1.39. The van der Waals surface area contributed by atoms with Crippen molar-refractivity contribution in [2.24, 2.45) is 0 Å². The van der Waals surface area contributed by atoms with Crippen LogP contribution in [0.5, 0.6) is 0 Å². The van der Waals surface area contributed by atoms with Crippen molar-refractivity contribution >= 4 is 22.6 Å². The summed E-state index contributed by atoms with van der Waals surface area (Å²) in [5, 5.41) is 3.23. The number of Topliss-reactive ketones (excluding diaryl/α,β-unsaturated/α-hetero) is 1. The second-order valence-electron chi connectivity index (χ2n) is 9.04. The molecule has 1 N–H and O–H groups in total. The average molecular weight is 520 g/mol. The number of aromatic nitrogens is 2. The maximum atomic E-state index is 14.2. The number of hydrogen-bond donors (Lipinski definition) is 1. The summed E-state index contributed by atoms with van der Waals surface area (Å²) in [7, 11) is 0. The van der Waals surface area contributed by atoms with E-state index in [0.717, 1.165) is 24.5 Å². The van der Waals surface area contributed by atoms with E-state index in [-0.39, 0.29) is 40.4 Å². The molecule has 0 spiro atoms. The third-order valence-electron chi connectivity index (χ3n) is 6.39. The fourth-order valence-electron chi connectivity index (χ4n) is 4.33. The van der Waals surface area contributed by atoms with Crippen molar-refractivity contribution in [3.63, 3.8) is 0 Å². The number of fused-ring (bicyclic) bond motifs is 1. The van der Waals surface area contributed by atoms with Crippen LogP contribution in [0.1, 0.15) is 70.5 Å². The molecular formula is C30H28F3N3O2. The fourth-order valence-corrected chi connectivity index (χ4v) is 4.33. The van der Waals surface area contributed by atoms with Crippen molar-refractivity contribution in [1.82, 2.24) is 15.3 Å². The zero-order chi connectivity index (χ0) is 27.3. The third-order valence-corrected chi connectivity index (χ3v) is 6.39. The van der Waals surface area contributed by atoms with Gasteiger partial charge in [-0.15, -0.1) is 0 Å². The highest BCUT2D eigenvalue weighted by Crippen LogP contribution is 2.40. The van der Waals surface area contributed by atoms with E-state index < -0.39 is 11.7 Å². The van der Waals surface area contributed by atoms with Gasteiger partial charge in [-0.2, -0.15) is 13.2 Å². The monoisotopic (exact) mass is 519 g/mol. The lowest BCUT2D eigenvalue weighted by molar-refractivity contribution is -0.137. The Balaban J connectivity index is 1.87. The van der Waals surface area contributed by atoms with Crippen LogP contribution >= 0.6 is 0 Å². The molecule has 8 heteroatoms. The maximum Gasteiger partial charge on any atom is 0.417 e. The Hall–Kier alpha value is -4.07. The molecule has 0 aliphatic carbocycles. The highest BCUT2D eigenvalue weighted by atomic mass is 19.4. The molecule has 38 heavy (non-hydrogen) atoms. The van der Waals surface area contributed by atoms with E-state index >= 15 is 0 Å². The number of halogens is 3. The number of unbranched alkanes of at least 4 members (excludes halogenated alkanes) is 1. The van der Waals surface area contributed by atoms with Gasteiger partial charge in [-0.1, -0.05) is 50.6 Å². The molecule has 0 fully saturated rings. The van der Waals surface area contributed by atoms with Crippen LogP contribution in [0.15, 0.2) is 67.0 Å². The first-order chi connectivity index (χ1) is 18.2. The van der Waals surface area contributed by atoms with E-state index in [1.807, 2.05) is 37.3 Å². The molecule has 0 radical (unpaired) electrons. The van der Waals surface area contributed by atoms with Gasteiger partial charge >= 0.3 is 6.18 Å². The van der Waals surface area contributed by atoms with E-state index in [9.17, 15) is 22.8 Å². The van der Waals surface area contributed by atoms with Crippen molar-refractivity contribution in [2.75, 3.05) is 6.54 Å². The van der Waals surface area contributed by atoms with Crippen LogP contribution in [0.25, 0.3) is 22.2 Å². The van der Waals surface area contributed by atoms with E-state index in [2.05, 4.69) is 15.3 Å². The Labute approximate surface area is 219 Å². The normalized spacial score (nSPS) is 11.5. The zero-order valence-corrected chi connectivity index (χ0v) is 21.2. The molecule has 0 bridgehead atoms. The highest BCUT2D eigenvalue weighted by molar-refractivity contribution is 6.02. The minimum Gasteiger partial charge on any atom is -0.352 e. The van der Waals surface area contributed by atoms with Crippen LogP contribution < -0.4 is 5.32 Å². The van der Waals surface area contributed by atoms with Crippen molar-refractivity contribution in [1.29, 1.82) is 0 Å². The van der Waals surface area contributed by atoms with Gasteiger partial charge in [-0.3, -0.25) is 19.6 Å². The van der Waals surface area contributed by atoms with Gasteiger partial charge in [0.1, 0.15) is 0 Å². The first-order valence-electron chi connectivity index (χ1n) is 12.6. The molecule has 4 rings (SSSR count). The number of carbonyl (C=O) groups excluding carboxylic acids is 2. The Morgan fingerprint density at radius 1 is 0.947 bits per heavy atom. The summed E-state index contributed by atoms with van der Waals surface area (Å²) < 4.78 is 42.5. The summed E-state index contributed by atoms with van der Waals surface area (Å²) in [5.74, 6) is -0.465. The van der Waals surface area contributed by atoms with Crippen LogP contribution in [0.3, 0.4) is 0 Å². The van der Waals surface area contributed by atoms with Crippen LogP contribution in [-0.2, 0) is 12.6 Å². The van der Waals surface area contributed by atoms with E-state index in [0.29, 0.717) is 29.5 Å². The summed E-state index contributed by atoms with van der Waals surface area (Å²) in [4.78, 5) is 33.6. The number of pyridine rings is 2. The Kier molecular flexibility index (Phi) is 8.20. The number of hydrogen-bond acceptors (Lipinski definition) is 4. The lowest BCUT2D eigenvalue weighted by atomic mass is 9.91. The molecule has 196 valence electrons. The van der Waals surface area contributed by atoms with Crippen molar-refractivity contribution in [3.05, 3.63) is 94.8 Å². The molecule has 4 aromatic rings. The van der Waals surface area contributed by atoms with Crippen molar-refractivity contribution in [3.8, 4) is 11.3 Å². The second-order valence-corrected chi connectivity index (χ2v) is 9.04. The lowest BCUT2D eigenvalue weighted by Crippen LogP contribution is -2.24. The standard InChI is InChI=1S/C30H28F3N3O2/c1-3-5-13-34-29(38)20-11-12-26(35-17-20)23-15-22-21(14-19-9-7-6-8-10-19)24(28(37)4-2)18-36-27(22)16-25(23)30(31,32)33/h6-12,15-18H,3-5,13-14H2,1-2H3,(H,34,38). The molecule has 5 nitrogen and oxygen atoms in total. The Bertz CT molecular complexity index is 1450. The van der Waals surface area contributed by atoms with Crippen molar-refractivity contribution in [2.45, 2.75) is 45.7 Å². The Morgan fingerprint density at radius 2 is 1.71 bits per heavy atom. The summed E-state index contributed by atoms with van der Waals surface area (Å²) in [6.07, 6.45) is 0.331. The topological polar surface area (TPSA) is 72.0 Å². The first-order valence-corrected chi connectivity index (χ1v) is 12.6. The summed E-state index contributed by atoms with van der Waals surface area (Å²) in [6, 6.07) is 14.7. The van der Waals surface area contributed by atoms with Gasteiger partial charge in [0, 0.05) is 41.9 Å². The number of rotatable bonds is 9. The molecule has 2 aromatic heterocycles. The number of benzene rings is 2. The zero-order valence-electron chi connectivity index (χ0n) is 21.2. The smallest absolute Gasteiger partial charge is 0.352 e. The highest BCUT2D eigenvalue weighted by Gasteiger charge is 2.35. The lowest BCUT2D eigenvalue weighted by Gasteiger charge is -2.17. The average Bonchev–Trinajstić information content (AvgIpc) is 2.92. The summed E-state index contributed by atoms with van der Waals surface area (Å²) >= 11 is 0. The molecular weight excluding hydrogens is 491 g/mol. The largest absolute Gasteiger partial charge is 0.417 e. The van der Waals surface area contributed by atoms with Gasteiger partial charge in [0.25, 0.3) is 5.91 Å². The molecule has 2 aromatic carbocycles. The van der Waals surface area contributed by atoms with Gasteiger partial charge in [0.05, 0.1) is 22.3 Å². The second kappa shape index (κ2) is 11.5. The molecule has 0 aliphatic rings. The number of alkyl halides is 3. The predicted octanol–water partition coefficient (Wildman–Crippen LogP) is 7.03. The molecule has 0 atom stereocenters. The number of carbonyl (C=O) groups is 2. The van der Waals surface area contributed by atoms with Gasteiger partial charge in [0.15, 0.2) is 5.78 Å². The van der Waals surface area contributed by atoms with Crippen LogP contribution in [0.2, 0.25) is 0 Å². The molecule has 0 unspecified atom stereocenters. The minimum atomic E-state index is -4.67. The quantitative estimate of drug-likeness (QED) is 0.190. The number of nitrogens with zero attached hydrogens (tertiary/aromatic N) is 2. The number of amides is 1. The van der Waals surface area contributed by atoms with Crippen LogP contribution in [0.4, 0.5) is 13.2 Å². The third kappa shape index (κ3) is 5.90. The number of nitrogens with one attached hydrogen (secondary N) is 1. The molecule has 0 aliphatic heterocycles. The summed E-state index contributed by atoms with van der Waals surface area (Å²) in [6.45, 7) is 4.25. The minimum absolute atomic E-state index is 0.0715. The van der Waals surface area contributed by atoms with E-state index in [4.69, 9.17) is 0 Å². The van der Waals surface area contributed by atoms with Gasteiger partial charge in [0.2, 0.25) is 0 Å². The molecule has 1 amide bonds.